The van der Waals surface area contributed by atoms with E-state index in [2.05, 4.69) is 10.6 Å². The first-order valence-corrected chi connectivity index (χ1v) is 8.57. The molecule has 2 rings (SSSR count). The van der Waals surface area contributed by atoms with Gasteiger partial charge in [0.15, 0.2) is 0 Å². The minimum Gasteiger partial charge on any atom is -0.326 e. The molecule has 1 aliphatic heterocycles. The second-order valence-electron chi connectivity index (χ2n) is 5.28. The topological polar surface area (TPSA) is 75.3 Å². The summed E-state index contributed by atoms with van der Waals surface area (Å²) in [7, 11) is -4.65. The first-order valence-electron chi connectivity index (χ1n) is 7.02. The Morgan fingerprint density at radius 2 is 2.18 bits per heavy atom. The molecule has 1 saturated heterocycles. The largest absolute Gasteiger partial charge is 0.341 e. The molecule has 1 atom stereocenters. The molecule has 5 nitrogen and oxygen atoms in total. The summed E-state index contributed by atoms with van der Waals surface area (Å²) in [4.78, 5) is 11.3. The highest BCUT2D eigenvalue weighted by molar-refractivity contribution is 7.91. The van der Waals surface area contributed by atoms with Crippen LogP contribution in [0.25, 0.3) is 0 Å². The highest BCUT2D eigenvalue weighted by atomic mass is 32.2. The van der Waals surface area contributed by atoms with Gasteiger partial charge in [-0.3, -0.25) is 4.79 Å². The molecule has 122 valence electrons. The molecule has 0 aliphatic carbocycles. The molecule has 8 heteroatoms. The van der Waals surface area contributed by atoms with Gasteiger partial charge in [-0.05, 0) is 50.0 Å². The summed E-state index contributed by atoms with van der Waals surface area (Å²) < 4.78 is 47.8. The van der Waals surface area contributed by atoms with Crippen LogP contribution in [0.15, 0.2) is 29.2 Å². The second kappa shape index (κ2) is 7.15. The monoisotopic (exact) mass is 332 g/mol. The van der Waals surface area contributed by atoms with Crippen LogP contribution < -0.4 is 10.6 Å². The average Bonchev–Trinajstić information content (AvgIpc) is 2.98. The molecule has 0 saturated carbocycles. The normalized spacial score (nSPS) is 18.6. The highest BCUT2D eigenvalue weighted by Crippen LogP contribution is 2.22. The standard InChI is InChI=1S/C14H18F2N2O3S/c15-14(16)22(20,21)12-3-1-2-11(8-12)18-13(19)5-4-10-6-7-17-9-10/h1-3,8,10,14,17H,4-7,9H2,(H,18,19). The SMILES string of the molecule is O=C(CCC1CCNC1)Nc1cccc(S(=O)(=O)C(F)F)c1. The Balaban J connectivity index is 1.96. The number of benzene rings is 1. The molecule has 1 unspecified atom stereocenters. The fourth-order valence-corrected chi connectivity index (χ4v) is 3.14. The molecule has 2 N–H and O–H groups in total. The van der Waals surface area contributed by atoms with E-state index < -0.39 is 20.5 Å². The van der Waals surface area contributed by atoms with Gasteiger partial charge in [0.2, 0.25) is 15.7 Å². The van der Waals surface area contributed by atoms with E-state index in [-0.39, 0.29) is 11.6 Å². The number of rotatable bonds is 6. The summed E-state index contributed by atoms with van der Waals surface area (Å²) in [6, 6.07) is 4.93. The minimum absolute atomic E-state index is 0.205. The molecule has 1 aliphatic rings. The first-order chi connectivity index (χ1) is 10.4. The second-order valence-corrected chi connectivity index (χ2v) is 7.20. The number of sulfone groups is 1. The minimum atomic E-state index is -4.65. The van der Waals surface area contributed by atoms with Crippen LogP contribution in [-0.4, -0.2) is 33.2 Å². The number of halogens is 2. The predicted octanol–water partition coefficient (Wildman–Crippen LogP) is 2.01. The van der Waals surface area contributed by atoms with Crippen molar-refractivity contribution in [2.45, 2.75) is 29.9 Å². The van der Waals surface area contributed by atoms with E-state index in [9.17, 15) is 22.0 Å². The molecule has 1 heterocycles. The number of hydrogen-bond acceptors (Lipinski definition) is 4. The van der Waals surface area contributed by atoms with Gasteiger partial charge in [0.1, 0.15) is 0 Å². The molecule has 0 bridgehead atoms. The van der Waals surface area contributed by atoms with Crippen LogP contribution in [0, 0.1) is 5.92 Å². The number of carbonyl (C=O) groups is 1. The third kappa shape index (κ3) is 4.23. The van der Waals surface area contributed by atoms with Crippen molar-refractivity contribution in [1.82, 2.24) is 5.32 Å². The van der Waals surface area contributed by atoms with Crippen molar-refractivity contribution < 1.29 is 22.0 Å². The van der Waals surface area contributed by atoms with Crippen molar-refractivity contribution in [3.8, 4) is 0 Å². The summed E-state index contributed by atoms with van der Waals surface area (Å²) in [5, 5.41) is 5.76. The van der Waals surface area contributed by atoms with E-state index in [1.807, 2.05) is 0 Å². The van der Waals surface area contributed by atoms with E-state index in [0.29, 0.717) is 12.3 Å². The lowest BCUT2D eigenvalue weighted by molar-refractivity contribution is -0.116. The predicted molar refractivity (Wildman–Crippen MR) is 78.5 cm³/mol. The van der Waals surface area contributed by atoms with Gasteiger partial charge in [0.05, 0.1) is 4.90 Å². The van der Waals surface area contributed by atoms with E-state index >= 15 is 0 Å². The molecule has 1 aromatic carbocycles. The first kappa shape index (κ1) is 16.8. The van der Waals surface area contributed by atoms with Crippen LogP contribution >= 0.6 is 0 Å². The number of hydrogen-bond donors (Lipinski definition) is 2. The number of carbonyl (C=O) groups excluding carboxylic acids is 1. The summed E-state index contributed by atoms with van der Waals surface area (Å²) in [5.74, 6) is -3.26. The zero-order chi connectivity index (χ0) is 16.2. The van der Waals surface area contributed by atoms with Crippen molar-refractivity contribution in [2.24, 2.45) is 5.92 Å². The zero-order valence-corrected chi connectivity index (χ0v) is 12.7. The van der Waals surface area contributed by atoms with E-state index in [0.717, 1.165) is 38.1 Å². The van der Waals surface area contributed by atoms with Crippen molar-refractivity contribution in [3.05, 3.63) is 24.3 Å². The van der Waals surface area contributed by atoms with Crippen molar-refractivity contribution in [2.75, 3.05) is 18.4 Å². The lowest BCUT2D eigenvalue weighted by atomic mass is 10.0. The molecule has 1 fully saturated rings. The Hall–Kier alpha value is -1.54. The third-order valence-corrected chi connectivity index (χ3v) is 5.00. The number of anilines is 1. The Labute approximate surface area is 128 Å². The van der Waals surface area contributed by atoms with Gasteiger partial charge in [-0.25, -0.2) is 8.42 Å². The molecule has 0 radical (unpaired) electrons. The van der Waals surface area contributed by atoms with Crippen LogP contribution in [0.5, 0.6) is 0 Å². The van der Waals surface area contributed by atoms with Crippen molar-refractivity contribution in [3.63, 3.8) is 0 Å². The van der Waals surface area contributed by atoms with Gasteiger partial charge >= 0.3 is 5.76 Å². The summed E-state index contributed by atoms with van der Waals surface area (Å²) in [5.41, 5.74) is 0.205. The molecule has 0 spiro atoms. The van der Waals surface area contributed by atoms with Crippen LogP contribution in [0.4, 0.5) is 14.5 Å². The van der Waals surface area contributed by atoms with E-state index in [1.165, 1.54) is 12.1 Å². The third-order valence-electron chi connectivity index (χ3n) is 3.62. The van der Waals surface area contributed by atoms with Gasteiger partial charge < -0.3 is 10.6 Å². The van der Waals surface area contributed by atoms with E-state index in [4.69, 9.17) is 0 Å². The number of nitrogens with one attached hydrogen (secondary N) is 2. The molecule has 1 aromatic rings. The fraction of sp³-hybridized carbons (Fsp3) is 0.500. The molecule has 22 heavy (non-hydrogen) atoms. The van der Waals surface area contributed by atoms with Crippen molar-refractivity contribution in [1.29, 1.82) is 0 Å². The van der Waals surface area contributed by atoms with Gasteiger partial charge in [-0.15, -0.1) is 0 Å². The number of amides is 1. The zero-order valence-electron chi connectivity index (χ0n) is 11.9. The number of alkyl halides is 2. The maximum Gasteiger partial charge on any atom is 0.341 e. The maximum atomic E-state index is 12.5. The van der Waals surface area contributed by atoms with Crippen LogP contribution in [0.1, 0.15) is 19.3 Å². The fourth-order valence-electron chi connectivity index (χ4n) is 2.37. The Morgan fingerprint density at radius 1 is 1.41 bits per heavy atom. The molecule has 0 aromatic heterocycles. The quantitative estimate of drug-likeness (QED) is 0.836. The summed E-state index contributed by atoms with van der Waals surface area (Å²) in [6.07, 6.45) is 2.10. The highest BCUT2D eigenvalue weighted by Gasteiger charge is 2.26. The van der Waals surface area contributed by atoms with Gasteiger partial charge in [0.25, 0.3) is 0 Å². The lowest BCUT2D eigenvalue weighted by Crippen LogP contribution is -2.16. The van der Waals surface area contributed by atoms with Crippen molar-refractivity contribution >= 4 is 21.4 Å². The van der Waals surface area contributed by atoms with Gasteiger partial charge in [-0.2, -0.15) is 8.78 Å². The van der Waals surface area contributed by atoms with E-state index in [1.54, 1.807) is 0 Å². The maximum absolute atomic E-state index is 12.5. The Kier molecular flexibility index (Phi) is 5.47. The Morgan fingerprint density at radius 3 is 2.82 bits per heavy atom. The summed E-state index contributed by atoms with van der Waals surface area (Å²) >= 11 is 0. The van der Waals surface area contributed by atoms with Crippen LogP contribution in [0.3, 0.4) is 0 Å². The van der Waals surface area contributed by atoms with Gasteiger partial charge in [-0.1, -0.05) is 6.07 Å². The summed E-state index contributed by atoms with van der Waals surface area (Å²) in [6.45, 7) is 1.86. The Bertz CT molecular complexity index is 629. The van der Waals surface area contributed by atoms with Crippen LogP contribution in [-0.2, 0) is 14.6 Å². The molecule has 1 amide bonds. The van der Waals surface area contributed by atoms with Crippen LogP contribution in [0.2, 0.25) is 0 Å². The molecular weight excluding hydrogens is 314 g/mol. The average molecular weight is 332 g/mol. The smallest absolute Gasteiger partial charge is 0.326 e. The van der Waals surface area contributed by atoms with Gasteiger partial charge in [0, 0.05) is 12.1 Å². The lowest BCUT2D eigenvalue weighted by Gasteiger charge is -2.10. The molecular formula is C14H18F2N2O3S.